The molecule has 3 aromatic rings. The minimum atomic E-state index is 0.807. The van der Waals surface area contributed by atoms with E-state index in [4.69, 9.17) is 0 Å². The topological polar surface area (TPSA) is 28.2 Å². The molecule has 1 N–H and O–H groups in total. The van der Waals surface area contributed by atoms with Crippen LogP contribution in [0, 0.1) is 6.92 Å². The van der Waals surface area contributed by atoms with Gasteiger partial charge in [-0.25, -0.2) is 4.98 Å². The van der Waals surface area contributed by atoms with E-state index in [-0.39, 0.29) is 0 Å². The van der Waals surface area contributed by atoms with Crippen molar-refractivity contribution in [1.29, 1.82) is 0 Å². The van der Waals surface area contributed by atoms with Gasteiger partial charge in [-0.15, -0.1) is 11.3 Å². The van der Waals surface area contributed by atoms with E-state index in [9.17, 15) is 0 Å². The van der Waals surface area contributed by atoms with E-state index < -0.39 is 0 Å². The first-order valence-corrected chi connectivity index (χ1v) is 8.53. The van der Waals surface area contributed by atoms with Gasteiger partial charge in [0.05, 0.1) is 22.9 Å². The lowest BCUT2D eigenvalue weighted by Gasteiger charge is -2.23. The van der Waals surface area contributed by atoms with Gasteiger partial charge in [-0.3, -0.25) is 0 Å². The maximum atomic E-state index is 4.31. The number of thiazole rings is 1. The van der Waals surface area contributed by atoms with Gasteiger partial charge in [0, 0.05) is 24.7 Å². The van der Waals surface area contributed by atoms with Crippen LogP contribution in [0.1, 0.15) is 15.4 Å². The summed E-state index contributed by atoms with van der Waals surface area (Å²) in [6.45, 7) is 3.73. The molecular weight excluding hydrogens is 302 g/mol. The van der Waals surface area contributed by atoms with Gasteiger partial charge in [0.1, 0.15) is 0 Å². The van der Waals surface area contributed by atoms with E-state index in [2.05, 4.69) is 76.8 Å². The molecule has 0 atom stereocenters. The van der Waals surface area contributed by atoms with Gasteiger partial charge in [0.15, 0.2) is 0 Å². The lowest BCUT2D eigenvalue weighted by Crippen LogP contribution is -2.18. The smallest absolute Gasteiger partial charge is 0.0897 e. The number of aromatic nitrogens is 1. The van der Waals surface area contributed by atoms with Crippen molar-refractivity contribution in [3.8, 4) is 0 Å². The quantitative estimate of drug-likeness (QED) is 0.712. The monoisotopic (exact) mass is 323 g/mol. The van der Waals surface area contributed by atoms with E-state index in [0.29, 0.717) is 0 Å². The Labute approximate surface area is 141 Å². The third kappa shape index (κ3) is 4.11. The summed E-state index contributed by atoms with van der Waals surface area (Å²) < 4.78 is 0. The SMILES string of the molecule is Cc1ncc(CNc2ccccc2N(C)Cc2ccccc2)s1. The normalized spacial score (nSPS) is 10.5. The predicted molar refractivity (Wildman–Crippen MR) is 99.2 cm³/mol. The first-order valence-electron chi connectivity index (χ1n) is 7.71. The molecule has 118 valence electrons. The van der Waals surface area contributed by atoms with E-state index in [0.717, 1.165) is 23.8 Å². The first kappa shape index (κ1) is 15.6. The van der Waals surface area contributed by atoms with Crippen LogP contribution in [0.4, 0.5) is 11.4 Å². The molecule has 0 amide bonds. The molecule has 0 spiro atoms. The average Bonchev–Trinajstić information content (AvgIpc) is 2.99. The van der Waals surface area contributed by atoms with E-state index >= 15 is 0 Å². The number of nitrogens with one attached hydrogen (secondary N) is 1. The minimum Gasteiger partial charge on any atom is -0.378 e. The van der Waals surface area contributed by atoms with E-state index in [1.807, 2.05) is 13.1 Å². The van der Waals surface area contributed by atoms with Gasteiger partial charge in [0.25, 0.3) is 0 Å². The molecule has 1 heterocycles. The van der Waals surface area contributed by atoms with Crippen LogP contribution >= 0.6 is 11.3 Å². The summed E-state index contributed by atoms with van der Waals surface area (Å²) in [6, 6.07) is 19.0. The zero-order chi connectivity index (χ0) is 16.1. The first-order chi connectivity index (χ1) is 11.2. The number of anilines is 2. The molecule has 4 heteroatoms. The minimum absolute atomic E-state index is 0.807. The van der Waals surface area contributed by atoms with Crippen LogP contribution in [0.15, 0.2) is 60.8 Å². The van der Waals surface area contributed by atoms with Crippen LogP contribution in [0.25, 0.3) is 0 Å². The van der Waals surface area contributed by atoms with Crippen molar-refractivity contribution < 1.29 is 0 Å². The molecule has 0 aliphatic carbocycles. The Hall–Kier alpha value is -2.33. The molecule has 0 aliphatic rings. The maximum absolute atomic E-state index is 4.31. The third-order valence-electron chi connectivity index (χ3n) is 3.70. The Kier molecular flexibility index (Phi) is 4.93. The summed E-state index contributed by atoms with van der Waals surface area (Å²) >= 11 is 1.74. The lowest BCUT2D eigenvalue weighted by molar-refractivity contribution is 0.922. The third-order valence-corrected chi connectivity index (χ3v) is 4.61. The fraction of sp³-hybridized carbons (Fsp3) is 0.211. The fourth-order valence-electron chi connectivity index (χ4n) is 2.57. The second-order valence-corrected chi connectivity index (χ2v) is 6.88. The van der Waals surface area contributed by atoms with Gasteiger partial charge in [-0.1, -0.05) is 42.5 Å². The number of nitrogens with zero attached hydrogens (tertiary/aromatic N) is 2. The molecule has 0 aliphatic heterocycles. The summed E-state index contributed by atoms with van der Waals surface area (Å²) in [4.78, 5) is 7.84. The molecule has 1 aromatic heterocycles. The van der Waals surface area contributed by atoms with Gasteiger partial charge in [-0.2, -0.15) is 0 Å². The number of para-hydroxylation sites is 2. The van der Waals surface area contributed by atoms with Crippen LogP contribution in [0.3, 0.4) is 0 Å². The highest BCUT2D eigenvalue weighted by molar-refractivity contribution is 7.11. The summed E-state index contributed by atoms with van der Waals surface area (Å²) in [6.07, 6.45) is 1.95. The molecule has 0 saturated heterocycles. The van der Waals surface area contributed by atoms with Crippen molar-refractivity contribution in [3.63, 3.8) is 0 Å². The van der Waals surface area contributed by atoms with Crippen molar-refractivity contribution >= 4 is 22.7 Å². The zero-order valence-corrected chi connectivity index (χ0v) is 14.3. The molecule has 0 saturated carbocycles. The lowest BCUT2D eigenvalue weighted by atomic mass is 10.2. The van der Waals surface area contributed by atoms with Crippen molar-refractivity contribution in [3.05, 3.63) is 76.2 Å². The van der Waals surface area contributed by atoms with Crippen molar-refractivity contribution in [2.24, 2.45) is 0 Å². The Morgan fingerprint density at radius 1 is 1.04 bits per heavy atom. The Balaban J connectivity index is 1.72. The van der Waals surface area contributed by atoms with Gasteiger partial charge >= 0.3 is 0 Å². The molecule has 0 bridgehead atoms. The Bertz CT molecular complexity index is 752. The average molecular weight is 323 g/mol. The highest BCUT2D eigenvalue weighted by Gasteiger charge is 2.08. The molecule has 0 fully saturated rings. The summed E-state index contributed by atoms with van der Waals surface area (Å²) in [5, 5.41) is 4.65. The molecule has 0 radical (unpaired) electrons. The van der Waals surface area contributed by atoms with Crippen LogP contribution in [0.2, 0.25) is 0 Å². The second-order valence-electron chi connectivity index (χ2n) is 5.56. The van der Waals surface area contributed by atoms with Gasteiger partial charge in [-0.05, 0) is 24.6 Å². The fourth-order valence-corrected chi connectivity index (χ4v) is 3.30. The van der Waals surface area contributed by atoms with Crippen molar-refractivity contribution in [2.45, 2.75) is 20.0 Å². The van der Waals surface area contributed by atoms with Crippen LogP contribution in [-0.4, -0.2) is 12.0 Å². The number of aryl methyl sites for hydroxylation is 1. The molecule has 2 aromatic carbocycles. The number of rotatable bonds is 6. The standard InChI is InChI=1S/C19H21N3S/c1-15-20-12-17(23-15)13-21-18-10-6-7-11-19(18)22(2)14-16-8-4-3-5-9-16/h3-12,21H,13-14H2,1-2H3. The van der Waals surface area contributed by atoms with E-state index in [1.165, 1.54) is 16.1 Å². The zero-order valence-electron chi connectivity index (χ0n) is 13.5. The van der Waals surface area contributed by atoms with E-state index in [1.54, 1.807) is 11.3 Å². The highest BCUT2D eigenvalue weighted by Crippen LogP contribution is 2.27. The van der Waals surface area contributed by atoms with Crippen molar-refractivity contribution in [1.82, 2.24) is 4.98 Å². The second kappa shape index (κ2) is 7.29. The van der Waals surface area contributed by atoms with Crippen LogP contribution in [0.5, 0.6) is 0 Å². The Morgan fingerprint density at radius 2 is 1.78 bits per heavy atom. The van der Waals surface area contributed by atoms with Gasteiger partial charge in [0.2, 0.25) is 0 Å². The molecule has 3 nitrogen and oxygen atoms in total. The van der Waals surface area contributed by atoms with Crippen LogP contribution in [-0.2, 0) is 13.1 Å². The number of hydrogen-bond donors (Lipinski definition) is 1. The van der Waals surface area contributed by atoms with Crippen LogP contribution < -0.4 is 10.2 Å². The number of benzene rings is 2. The Morgan fingerprint density at radius 3 is 2.52 bits per heavy atom. The summed E-state index contributed by atoms with van der Waals surface area (Å²) in [7, 11) is 2.13. The van der Waals surface area contributed by atoms with Gasteiger partial charge < -0.3 is 10.2 Å². The molecule has 0 unspecified atom stereocenters. The molecular formula is C19H21N3S. The number of hydrogen-bond acceptors (Lipinski definition) is 4. The predicted octanol–water partition coefficient (Wildman–Crippen LogP) is 4.70. The highest BCUT2D eigenvalue weighted by atomic mass is 32.1. The molecule has 3 rings (SSSR count). The summed E-state index contributed by atoms with van der Waals surface area (Å²) in [5.74, 6) is 0. The van der Waals surface area contributed by atoms with Crippen molar-refractivity contribution in [2.75, 3.05) is 17.3 Å². The largest absolute Gasteiger partial charge is 0.378 e. The summed E-state index contributed by atoms with van der Waals surface area (Å²) in [5.41, 5.74) is 3.66. The molecule has 23 heavy (non-hydrogen) atoms. The maximum Gasteiger partial charge on any atom is 0.0897 e.